The van der Waals surface area contributed by atoms with E-state index in [9.17, 15) is 4.79 Å². The van der Waals surface area contributed by atoms with Gasteiger partial charge in [0, 0.05) is 19.7 Å². The Balaban J connectivity index is 1.48. The van der Waals surface area contributed by atoms with Crippen molar-refractivity contribution < 1.29 is 14.3 Å². The molecule has 0 aliphatic carbocycles. The largest absolute Gasteiger partial charge is 0.492 e. The lowest BCUT2D eigenvalue weighted by atomic mass is 9.94. The molecule has 0 saturated carbocycles. The van der Waals surface area contributed by atoms with Crippen LogP contribution in [-0.2, 0) is 16.0 Å². The monoisotopic (exact) mass is 318 g/mol. The van der Waals surface area contributed by atoms with Crippen LogP contribution in [-0.4, -0.2) is 49.8 Å². The molecule has 1 atom stereocenters. The molecule has 1 aromatic rings. The maximum absolute atomic E-state index is 12.7. The molecule has 0 aromatic heterocycles. The predicted octanol–water partition coefficient (Wildman–Crippen LogP) is 1.59. The van der Waals surface area contributed by atoms with E-state index < -0.39 is 0 Å². The summed E-state index contributed by atoms with van der Waals surface area (Å²) in [6.45, 7) is 3.44. The summed E-state index contributed by atoms with van der Waals surface area (Å²) >= 11 is 0. The van der Waals surface area contributed by atoms with Gasteiger partial charge in [-0.25, -0.2) is 0 Å². The van der Waals surface area contributed by atoms with E-state index in [-0.39, 0.29) is 17.9 Å². The maximum Gasteiger partial charge on any atom is 0.229 e. The van der Waals surface area contributed by atoms with Crippen LogP contribution in [0.3, 0.4) is 0 Å². The lowest BCUT2D eigenvalue weighted by molar-refractivity contribution is -0.139. The smallest absolute Gasteiger partial charge is 0.229 e. The van der Waals surface area contributed by atoms with Gasteiger partial charge in [0.1, 0.15) is 12.4 Å². The van der Waals surface area contributed by atoms with Gasteiger partial charge in [0.25, 0.3) is 0 Å². The van der Waals surface area contributed by atoms with Crippen LogP contribution in [0.5, 0.6) is 5.75 Å². The number of para-hydroxylation sites is 1. The minimum Gasteiger partial charge on any atom is -0.492 e. The van der Waals surface area contributed by atoms with Crippen molar-refractivity contribution in [3.63, 3.8) is 0 Å². The van der Waals surface area contributed by atoms with Gasteiger partial charge < -0.3 is 20.1 Å². The summed E-state index contributed by atoms with van der Waals surface area (Å²) in [6.07, 6.45) is 3.79. The Kier molecular flexibility index (Phi) is 5.51. The molecule has 1 fully saturated rings. The van der Waals surface area contributed by atoms with Crippen molar-refractivity contribution in [3.05, 3.63) is 29.8 Å². The predicted molar refractivity (Wildman–Crippen MR) is 88.4 cm³/mol. The van der Waals surface area contributed by atoms with Crippen LogP contribution in [0.2, 0.25) is 0 Å². The number of hydrogen-bond acceptors (Lipinski definition) is 4. The topological polar surface area (TPSA) is 64.8 Å². The number of carbonyl (C=O) groups excluding carboxylic acids is 1. The average molecular weight is 318 g/mol. The maximum atomic E-state index is 12.7. The second kappa shape index (κ2) is 7.79. The number of piperidine rings is 1. The van der Waals surface area contributed by atoms with Gasteiger partial charge in [-0.3, -0.25) is 4.79 Å². The second-order valence-electron chi connectivity index (χ2n) is 6.36. The summed E-state index contributed by atoms with van der Waals surface area (Å²) in [4.78, 5) is 14.7. The Bertz CT molecular complexity index is 527. The lowest BCUT2D eigenvalue weighted by Gasteiger charge is -2.35. The zero-order valence-corrected chi connectivity index (χ0v) is 13.6. The number of likely N-dealkylation sites (tertiary alicyclic amines) is 1. The Morgan fingerprint density at radius 3 is 2.87 bits per heavy atom. The molecule has 2 aliphatic heterocycles. The summed E-state index contributed by atoms with van der Waals surface area (Å²) in [5.41, 5.74) is 6.61. The number of hydrogen-bond donors (Lipinski definition) is 1. The molecule has 1 amide bonds. The average Bonchev–Trinajstić information content (AvgIpc) is 2.61. The fraction of sp³-hybridized carbons (Fsp3) is 0.611. The molecule has 2 heterocycles. The minimum atomic E-state index is -0.0559. The Morgan fingerprint density at radius 2 is 2.09 bits per heavy atom. The number of ether oxygens (including phenoxy) is 2. The molecular formula is C18H26N2O3. The molecule has 0 radical (unpaired) electrons. The van der Waals surface area contributed by atoms with Crippen molar-refractivity contribution in [2.24, 2.45) is 11.7 Å². The third-order valence-corrected chi connectivity index (χ3v) is 4.68. The van der Waals surface area contributed by atoms with Gasteiger partial charge in [0.2, 0.25) is 5.91 Å². The molecule has 0 bridgehead atoms. The molecular weight excluding hydrogens is 292 g/mol. The number of nitrogens with two attached hydrogens (primary N) is 1. The van der Waals surface area contributed by atoms with Crippen LogP contribution < -0.4 is 10.5 Å². The molecule has 1 saturated heterocycles. The number of benzene rings is 1. The van der Waals surface area contributed by atoms with E-state index in [2.05, 4.69) is 0 Å². The minimum absolute atomic E-state index is 0.0559. The highest BCUT2D eigenvalue weighted by molar-refractivity contribution is 5.80. The first kappa shape index (κ1) is 16.3. The van der Waals surface area contributed by atoms with Gasteiger partial charge >= 0.3 is 0 Å². The molecule has 5 nitrogen and oxygen atoms in total. The highest BCUT2D eigenvalue weighted by Gasteiger charge is 2.31. The molecule has 2 N–H and O–H groups in total. The number of rotatable bonds is 5. The van der Waals surface area contributed by atoms with Gasteiger partial charge in [0.15, 0.2) is 0 Å². The first-order chi connectivity index (χ1) is 11.3. The molecule has 5 heteroatoms. The number of amides is 1. The molecule has 1 aromatic carbocycles. The van der Waals surface area contributed by atoms with E-state index in [1.807, 2.05) is 29.2 Å². The van der Waals surface area contributed by atoms with Crippen LogP contribution >= 0.6 is 0 Å². The molecule has 3 rings (SSSR count). The molecule has 23 heavy (non-hydrogen) atoms. The van der Waals surface area contributed by atoms with Crippen LogP contribution in [0.15, 0.2) is 24.3 Å². The van der Waals surface area contributed by atoms with Crippen molar-refractivity contribution >= 4 is 5.91 Å². The van der Waals surface area contributed by atoms with E-state index >= 15 is 0 Å². The van der Waals surface area contributed by atoms with Gasteiger partial charge in [-0.1, -0.05) is 18.2 Å². The van der Waals surface area contributed by atoms with Crippen molar-refractivity contribution in [2.75, 3.05) is 32.8 Å². The van der Waals surface area contributed by atoms with Crippen molar-refractivity contribution in [3.8, 4) is 5.75 Å². The number of nitrogens with zero attached hydrogens (tertiary/aromatic N) is 1. The van der Waals surface area contributed by atoms with Crippen LogP contribution in [0.4, 0.5) is 0 Å². The van der Waals surface area contributed by atoms with Crippen LogP contribution in [0.1, 0.15) is 24.8 Å². The second-order valence-corrected chi connectivity index (χ2v) is 6.36. The third kappa shape index (κ3) is 4.03. The Hall–Kier alpha value is -1.59. The van der Waals surface area contributed by atoms with Crippen molar-refractivity contribution in [2.45, 2.75) is 31.8 Å². The molecule has 126 valence electrons. The Labute approximate surface area is 137 Å². The Morgan fingerprint density at radius 1 is 1.30 bits per heavy atom. The summed E-state index contributed by atoms with van der Waals surface area (Å²) in [7, 11) is 0. The summed E-state index contributed by atoms with van der Waals surface area (Å²) in [5.74, 6) is 1.09. The number of fused-ring (bicyclic) bond motifs is 1. The zero-order chi connectivity index (χ0) is 16.1. The number of carbonyl (C=O) groups is 1. The van der Waals surface area contributed by atoms with Crippen molar-refractivity contribution in [1.82, 2.24) is 4.90 Å². The van der Waals surface area contributed by atoms with E-state index in [0.29, 0.717) is 13.2 Å². The zero-order valence-electron chi connectivity index (χ0n) is 13.6. The SMILES string of the molecule is NCCCOC1CCN(C(=O)C2COc3ccccc3C2)CC1. The normalized spacial score (nSPS) is 21.6. The highest BCUT2D eigenvalue weighted by Crippen LogP contribution is 2.28. The quantitative estimate of drug-likeness (QED) is 0.838. The van der Waals surface area contributed by atoms with Gasteiger partial charge in [-0.2, -0.15) is 0 Å². The van der Waals surface area contributed by atoms with E-state index in [1.165, 1.54) is 0 Å². The van der Waals surface area contributed by atoms with Crippen LogP contribution in [0, 0.1) is 5.92 Å². The van der Waals surface area contributed by atoms with E-state index in [0.717, 1.165) is 56.7 Å². The molecule has 1 unspecified atom stereocenters. The fourth-order valence-corrected chi connectivity index (χ4v) is 3.32. The molecule has 0 spiro atoms. The standard InChI is InChI=1S/C18H26N2O3/c19-8-3-11-22-16-6-9-20(10-7-16)18(21)15-12-14-4-1-2-5-17(14)23-13-15/h1-2,4-5,15-16H,3,6-13,19H2. The van der Waals surface area contributed by atoms with Gasteiger partial charge in [-0.15, -0.1) is 0 Å². The van der Waals surface area contributed by atoms with Crippen molar-refractivity contribution in [1.29, 1.82) is 0 Å². The van der Waals surface area contributed by atoms with Gasteiger partial charge in [0.05, 0.1) is 12.0 Å². The van der Waals surface area contributed by atoms with Crippen LogP contribution in [0.25, 0.3) is 0 Å². The van der Waals surface area contributed by atoms with E-state index in [4.69, 9.17) is 15.2 Å². The summed E-state index contributed by atoms with van der Waals surface area (Å²) < 4.78 is 11.6. The lowest BCUT2D eigenvalue weighted by Crippen LogP contribution is -2.46. The fourth-order valence-electron chi connectivity index (χ4n) is 3.32. The summed E-state index contributed by atoms with van der Waals surface area (Å²) in [5, 5.41) is 0. The first-order valence-electron chi connectivity index (χ1n) is 8.59. The summed E-state index contributed by atoms with van der Waals surface area (Å²) in [6, 6.07) is 7.99. The first-order valence-corrected chi connectivity index (χ1v) is 8.59. The third-order valence-electron chi connectivity index (χ3n) is 4.68. The van der Waals surface area contributed by atoms with E-state index in [1.54, 1.807) is 0 Å². The molecule has 2 aliphatic rings. The highest BCUT2D eigenvalue weighted by atomic mass is 16.5. The van der Waals surface area contributed by atoms with Gasteiger partial charge in [-0.05, 0) is 43.9 Å².